The second-order valence-corrected chi connectivity index (χ2v) is 6.40. The van der Waals surface area contributed by atoms with Crippen molar-refractivity contribution >= 4 is 29.9 Å². The summed E-state index contributed by atoms with van der Waals surface area (Å²) >= 11 is 0. The smallest absolute Gasteiger partial charge is 0.191 e. The molecule has 2 rings (SSSR count). The predicted octanol–water partition coefficient (Wildman–Crippen LogP) is 3.96. The first kappa shape index (κ1) is 21.9. The Hall–Kier alpha value is -1.18. The molecule has 0 unspecified atom stereocenters. The first-order chi connectivity index (χ1) is 11.7. The fourth-order valence-corrected chi connectivity index (χ4v) is 3.11. The van der Waals surface area contributed by atoms with Gasteiger partial charge in [-0.15, -0.1) is 24.0 Å². The van der Waals surface area contributed by atoms with Crippen LogP contribution in [0.1, 0.15) is 45.1 Å². The summed E-state index contributed by atoms with van der Waals surface area (Å²) in [6, 6.07) is 6.00. The van der Waals surface area contributed by atoms with Crippen molar-refractivity contribution in [2.45, 2.75) is 46.1 Å². The fourth-order valence-electron chi connectivity index (χ4n) is 3.11. The maximum absolute atomic E-state index is 5.63. The monoisotopic (exact) mass is 461 g/mol. The average molecular weight is 461 g/mol. The van der Waals surface area contributed by atoms with Crippen LogP contribution >= 0.6 is 24.0 Å². The second-order valence-electron chi connectivity index (χ2n) is 6.40. The molecule has 0 amide bonds. The summed E-state index contributed by atoms with van der Waals surface area (Å²) in [6.45, 7) is 6.57. The van der Waals surface area contributed by atoms with Gasteiger partial charge in [0.15, 0.2) is 17.5 Å². The highest BCUT2D eigenvalue weighted by Gasteiger charge is 2.34. The van der Waals surface area contributed by atoms with Gasteiger partial charge in [-0.25, -0.2) is 0 Å². The standard InChI is InChI=1S/C19H31N3O2.HI/c1-5-19(10-7-11-19)14-22-18(20-3)21-13-15-8-9-16(23-4)17(12-15)24-6-2;/h8-9,12H,5-7,10-11,13-14H2,1-4H3,(H2,20,21,22);1H. The van der Waals surface area contributed by atoms with Gasteiger partial charge in [-0.05, 0) is 49.3 Å². The summed E-state index contributed by atoms with van der Waals surface area (Å²) in [5.74, 6) is 2.39. The molecule has 0 aromatic heterocycles. The minimum absolute atomic E-state index is 0. The molecule has 1 aliphatic rings. The minimum atomic E-state index is 0. The molecule has 1 aromatic carbocycles. The highest BCUT2D eigenvalue weighted by atomic mass is 127. The maximum Gasteiger partial charge on any atom is 0.191 e. The third-order valence-corrected chi connectivity index (χ3v) is 5.01. The van der Waals surface area contributed by atoms with Crippen LogP contribution in [0.3, 0.4) is 0 Å². The van der Waals surface area contributed by atoms with Gasteiger partial charge in [0, 0.05) is 20.1 Å². The van der Waals surface area contributed by atoms with E-state index in [0.29, 0.717) is 18.6 Å². The van der Waals surface area contributed by atoms with Gasteiger partial charge in [0.1, 0.15) is 0 Å². The number of guanidine groups is 1. The van der Waals surface area contributed by atoms with E-state index >= 15 is 0 Å². The third-order valence-electron chi connectivity index (χ3n) is 5.01. The van der Waals surface area contributed by atoms with E-state index in [0.717, 1.165) is 29.6 Å². The van der Waals surface area contributed by atoms with Gasteiger partial charge in [0.05, 0.1) is 13.7 Å². The molecule has 2 N–H and O–H groups in total. The van der Waals surface area contributed by atoms with Crippen molar-refractivity contribution in [2.75, 3.05) is 27.3 Å². The van der Waals surface area contributed by atoms with E-state index in [-0.39, 0.29) is 24.0 Å². The quantitative estimate of drug-likeness (QED) is 0.350. The topological polar surface area (TPSA) is 54.9 Å². The number of nitrogens with zero attached hydrogens (tertiary/aromatic N) is 1. The van der Waals surface area contributed by atoms with E-state index in [4.69, 9.17) is 9.47 Å². The van der Waals surface area contributed by atoms with Gasteiger partial charge in [-0.2, -0.15) is 0 Å². The number of benzene rings is 1. The molecule has 25 heavy (non-hydrogen) atoms. The second kappa shape index (κ2) is 10.7. The number of halogens is 1. The van der Waals surface area contributed by atoms with E-state index in [1.165, 1.54) is 25.7 Å². The number of hydrogen-bond donors (Lipinski definition) is 2. The number of methoxy groups -OCH3 is 1. The SMILES string of the molecule is CCOc1cc(CNC(=NC)NCC2(CC)CCC2)ccc1OC.I. The number of rotatable bonds is 8. The van der Waals surface area contributed by atoms with E-state index in [9.17, 15) is 0 Å². The van der Waals surface area contributed by atoms with Crippen LogP contribution in [0.15, 0.2) is 23.2 Å². The molecule has 0 aliphatic heterocycles. The Morgan fingerprint density at radius 1 is 1.20 bits per heavy atom. The van der Waals surface area contributed by atoms with Gasteiger partial charge in [-0.3, -0.25) is 4.99 Å². The molecule has 0 bridgehead atoms. The van der Waals surface area contributed by atoms with Crippen LogP contribution in [0.25, 0.3) is 0 Å². The van der Waals surface area contributed by atoms with Crippen molar-refractivity contribution in [3.8, 4) is 11.5 Å². The van der Waals surface area contributed by atoms with Crippen molar-refractivity contribution in [3.05, 3.63) is 23.8 Å². The largest absolute Gasteiger partial charge is 0.493 e. The zero-order valence-electron chi connectivity index (χ0n) is 15.9. The summed E-state index contributed by atoms with van der Waals surface area (Å²) in [4.78, 5) is 4.33. The minimum Gasteiger partial charge on any atom is -0.493 e. The van der Waals surface area contributed by atoms with Crippen molar-refractivity contribution < 1.29 is 9.47 Å². The molecule has 142 valence electrons. The summed E-state index contributed by atoms with van der Waals surface area (Å²) in [5.41, 5.74) is 1.61. The molecule has 6 heteroatoms. The molecule has 5 nitrogen and oxygen atoms in total. The van der Waals surface area contributed by atoms with Crippen LogP contribution in [-0.2, 0) is 6.54 Å². The molecule has 0 atom stereocenters. The molecule has 0 saturated heterocycles. The molecule has 1 aromatic rings. The average Bonchev–Trinajstić information content (AvgIpc) is 2.57. The molecule has 1 aliphatic carbocycles. The molecule has 0 heterocycles. The van der Waals surface area contributed by atoms with Crippen LogP contribution < -0.4 is 20.1 Å². The van der Waals surface area contributed by atoms with Crippen LogP contribution in [-0.4, -0.2) is 33.3 Å². The number of hydrogen-bond acceptors (Lipinski definition) is 3. The van der Waals surface area contributed by atoms with E-state index in [2.05, 4.69) is 22.5 Å². The summed E-state index contributed by atoms with van der Waals surface area (Å²) in [6.07, 6.45) is 5.23. The summed E-state index contributed by atoms with van der Waals surface area (Å²) in [5, 5.41) is 6.86. The van der Waals surface area contributed by atoms with Crippen molar-refractivity contribution in [1.29, 1.82) is 0 Å². The zero-order chi connectivity index (χ0) is 17.4. The third kappa shape index (κ3) is 5.94. The predicted molar refractivity (Wildman–Crippen MR) is 114 cm³/mol. The van der Waals surface area contributed by atoms with Gasteiger partial charge in [0.2, 0.25) is 0 Å². The molecular formula is C19H32IN3O2. The summed E-state index contributed by atoms with van der Waals surface area (Å²) < 4.78 is 11.0. The van der Waals surface area contributed by atoms with E-state index < -0.39 is 0 Å². The lowest BCUT2D eigenvalue weighted by Gasteiger charge is -2.41. The number of nitrogens with one attached hydrogen (secondary N) is 2. The first-order valence-corrected chi connectivity index (χ1v) is 8.90. The van der Waals surface area contributed by atoms with Gasteiger partial charge >= 0.3 is 0 Å². The Morgan fingerprint density at radius 2 is 1.96 bits per heavy atom. The Labute approximate surface area is 169 Å². The van der Waals surface area contributed by atoms with E-state index in [1.54, 1.807) is 7.11 Å². The Kier molecular flexibility index (Phi) is 9.38. The highest BCUT2D eigenvalue weighted by molar-refractivity contribution is 14.0. The fraction of sp³-hybridized carbons (Fsp3) is 0.632. The first-order valence-electron chi connectivity index (χ1n) is 8.90. The summed E-state index contributed by atoms with van der Waals surface area (Å²) in [7, 11) is 3.47. The van der Waals surface area contributed by atoms with Gasteiger partial charge in [0.25, 0.3) is 0 Å². The lowest BCUT2D eigenvalue weighted by molar-refractivity contribution is 0.131. The van der Waals surface area contributed by atoms with Gasteiger partial charge < -0.3 is 20.1 Å². The number of ether oxygens (including phenoxy) is 2. The molecule has 0 radical (unpaired) electrons. The van der Waals surface area contributed by atoms with Crippen molar-refractivity contribution in [3.63, 3.8) is 0 Å². The molecule has 0 spiro atoms. The lowest BCUT2D eigenvalue weighted by Crippen LogP contribution is -2.46. The van der Waals surface area contributed by atoms with Crippen LogP contribution in [0.4, 0.5) is 0 Å². The highest BCUT2D eigenvalue weighted by Crippen LogP contribution is 2.42. The normalized spacial score (nSPS) is 15.6. The van der Waals surface area contributed by atoms with Crippen molar-refractivity contribution in [2.24, 2.45) is 10.4 Å². The Balaban J connectivity index is 0.00000312. The molecular weight excluding hydrogens is 429 g/mol. The maximum atomic E-state index is 5.63. The van der Waals surface area contributed by atoms with Crippen LogP contribution in [0, 0.1) is 5.41 Å². The Morgan fingerprint density at radius 3 is 2.48 bits per heavy atom. The lowest BCUT2D eigenvalue weighted by atomic mass is 9.67. The Bertz CT molecular complexity index is 554. The van der Waals surface area contributed by atoms with Crippen LogP contribution in [0.2, 0.25) is 0 Å². The van der Waals surface area contributed by atoms with Crippen LogP contribution in [0.5, 0.6) is 11.5 Å². The van der Waals surface area contributed by atoms with Crippen molar-refractivity contribution in [1.82, 2.24) is 10.6 Å². The molecule has 1 fully saturated rings. The molecule has 1 saturated carbocycles. The van der Waals surface area contributed by atoms with Gasteiger partial charge in [-0.1, -0.05) is 19.4 Å². The number of aliphatic imine (C=N–C) groups is 1. The van der Waals surface area contributed by atoms with E-state index in [1.807, 2.05) is 32.2 Å². The zero-order valence-corrected chi connectivity index (χ0v) is 18.2.